The van der Waals surface area contributed by atoms with E-state index in [1.54, 1.807) is 19.2 Å². The maximum Gasteiger partial charge on any atom is 0.274 e. The zero-order valence-corrected chi connectivity index (χ0v) is 14.7. The van der Waals surface area contributed by atoms with E-state index in [1.807, 2.05) is 18.2 Å². The van der Waals surface area contributed by atoms with Crippen molar-refractivity contribution in [3.05, 3.63) is 48.3 Å². The number of hydrogen-bond acceptors (Lipinski definition) is 4. The number of anilines is 1. The van der Waals surface area contributed by atoms with Crippen molar-refractivity contribution >= 4 is 21.6 Å². The average molecular weight is 363 g/mol. The van der Waals surface area contributed by atoms with Gasteiger partial charge in [0.05, 0.1) is 6.10 Å². The number of carbonyl (C=O) groups excluding carboxylic acids is 1. The normalized spacial score (nSPS) is 18.9. The molecule has 0 aliphatic carbocycles. The molecule has 25 heavy (non-hydrogen) atoms. The highest BCUT2D eigenvalue weighted by atomic mass is 32.2. The van der Waals surface area contributed by atoms with E-state index in [0.717, 1.165) is 0 Å². The molecule has 8 heteroatoms. The van der Waals surface area contributed by atoms with Crippen molar-refractivity contribution < 1.29 is 18.3 Å². The van der Waals surface area contributed by atoms with E-state index in [9.17, 15) is 18.3 Å². The van der Waals surface area contributed by atoms with Gasteiger partial charge in [0.15, 0.2) is 0 Å². The number of aromatic amines is 1. The second-order valence-corrected chi connectivity index (χ2v) is 8.05. The van der Waals surface area contributed by atoms with Crippen LogP contribution in [0.2, 0.25) is 0 Å². The third-order valence-electron chi connectivity index (χ3n) is 4.33. The minimum absolute atomic E-state index is 0.0337. The van der Waals surface area contributed by atoms with Gasteiger partial charge < -0.3 is 15.0 Å². The Kier molecular flexibility index (Phi) is 4.94. The molecule has 1 aromatic heterocycles. The summed E-state index contributed by atoms with van der Waals surface area (Å²) in [5, 5.41) is 9.71. The molecule has 0 saturated carbocycles. The molecule has 1 saturated heterocycles. The predicted molar refractivity (Wildman–Crippen MR) is 94.0 cm³/mol. The van der Waals surface area contributed by atoms with Crippen LogP contribution < -0.4 is 4.90 Å². The number of amides is 1. The van der Waals surface area contributed by atoms with Crippen molar-refractivity contribution in [2.45, 2.75) is 23.8 Å². The molecule has 2 aromatic rings. The summed E-state index contributed by atoms with van der Waals surface area (Å²) in [7, 11) is -2.09. The van der Waals surface area contributed by atoms with Crippen molar-refractivity contribution in [2.24, 2.45) is 0 Å². The summed E-state index contributed by atoms with van der Waals surface area (Å²) in [5.41, 5.74) is 0.910. The van der Waals surface area contributed by atoms with Gasteiger partial charge in [0.25, 0.3) is 5.91 Å². The smallest absolute Gasteiger partial charge is 0.274 e. The van der Waals surface area contributed by atoms with Crippen LogP contribution in [0.25, 0.3) is 0 Å². The molecule has 1 aromatic carbocycles. The molecule has 0 unspecified atom stereocenters. The molecule has 1 fully saturated rings. The Bertz CT molecular complexity index is 848. The minimum atomic E-state index is -3.73. The Labute approximate surface area is 146 Å². The quantitative estimate of drug-likeness (QED) is 0.859. The van der Waals surface area contributed by atoms with Crippen LogP contribution in [0.4, 0.5) is 5.69 Å². The van der Waals surface area contributed by atoms with Crippen molar-refractivity contribution in [3.8, 4) is 0 Å². The first-order valence-corrected chi connectivity index (χ1v) is 9.53. The topological polar surface area (TPSA) is 93.7 Å². The molecule has 134 valence electrons. The summed E-state index contributed by atoms with van der Waals surface area (Å²) >= 11 is 0. The Morgan fingerprint density at radius 1 is 1.32 bits per heavy atom. The van der Waals surface area contributed by atoms with Crippen LogP contribution in [0.3, 0.4) is 0 Å². The number of aliphatic hydroxyl groups is 1. The van der Waals surface area contributed by atoms with Crippen molar-refractivity contribution in [3.63, 3.8) is 0 Å². The van der Waals surface area contributed by atoms with E-state index in [-0.39, 0.29) is 23.0 Å². The molecule has 1 aliphatic heterocycles. The van der Waals surface area contributed by atoms with E-state index in [0.29, 0.717) is 25.1 Å². The molecule has 2 heterocycles. The number of rotatable bonds is 4. The summed E-state index contributed by atoms with van der Waals surface area (Å²) in [6, 6.07) is 10.4. The zero-order chi connectivity index (χ0) is 18.0. The van der Waals surface area contributed by atoms with Crippen LogP contribution in [0.1, 0.15) is 23.3 Å². The fourth-order valence-corrected chi connectivity index (χ4v) is 4.40. The zero-order valence-electron chi connectivity index (χ0n) is 13.9. The number of benzene rings is 1. The summed E-state index contributed by atoms with van der Waals surface area (Å²) in [4.78, 5) is 16.8. The lowest BCUT2D eigenvalue weighted by Crippen LogP contribution is -2.41. The number of nitrogens with zero attached hydrogens (tertiary/aromatic N) is 2. The Morgan fingerprint density at radius 2 is 2.04 bits per heavy atom. The molecule has 0 spiro atoms. The van der Waals surface area contributed by atoms with E-state index in [4.69, 9.17) is 0 Å². The van der Waals surface area contributed by atoms with E-state index in [1.165, 1.54) is 21.5 Å². The molecule has 1 atom stereocenters. The van der Waals surface area contributed by atoms with Gasteiger partial charge in [-0.1, -0.05) is 18.2 Å². The molecule has 0 radical (unpaired) electrons. The first-order valence-electron chi connectivity index (χ1n) is 8.09. The number of aliphatic hydroxyl groups excluding tert-OH is 1. The van der Waals surface area contributed by atoms with Crippen LogP contribution in [-0.2, 0) is 10.0 Å². The highest BCUT2D eigenvalue weighted by Crippen LogP contribution is 2.22. The number of nitrogens with one attached hydrogen (secondary N) is 1. The van der Waals surface area contributed by atoms with Gasteiger partial charge in [-0.15, -0.1) is 0 Å². The van der Waals surface area contributed by atoms with Gasteiger partial charge in [-0.05, 0) is 31.0 Å². The van der Waals surface area contributed by atoms with Crippen molar-refractivity contribution in [1.29, 1.82) is 0 Å². The number of piperidine rings is 1. The van der Waals surface area contributed by atoms with E-state index >= 15 is 0 Å². The summed E-state index contributed by atoms with van der Waals surface area (Å²) in [5.74, 6) is -0.327. The van der Waals surface area contributed by atoms with Gasteiger partial charge in [0.2, 0.25) is 10.0 Å². The summed E-state index contributed by atoms with van der Waals surface area (Å²) < 4.78 is 26.6. The fourth-order valence-electron chi connectivity index (χ4n) is 2.88. The van der Waals surface area contributed by atoms with Gasteiger partial charge in [-0.3, -0.25) is 4.79 Å². The number of carbonyl (C=O) groups is 1. The molecule has 0 bridgehead atoms. The molecule has 1 aliphatic rings. The lowest BCUT2D eigenvalue weighted by atomic mass is 10.1. The van der Waals surface area contributed by atoms with Crippen molar-refractivity contribution in [2.75, 3.05) is 25.0 Å². The number of β-amino-alcohol motifs (C(OH)–C–C–N with tert-alkyl or cyclic N) is 1. The monoisotopic (exact) mass is 363 g/mol. The minimum Gasteiger partial charge on any atom is -0.392 e. The predicted octanol–water partition coefficient (Wildman–Crippen LogP) is 1.44. The fraction of sp³-hybridized carbons (Fsp3) is 0.353. The number of H-pyrrole nitrogens is 1. The molecule has 2 N–H and O–H groups in total. The maximum atomic E-state index is 12.7. The average Bonchev–Trinajstić information content (AvgIpc) is 3.12. The summed E-state index contributed by atoms with van der Waals surface area (Å²) in [6.07, 6.45) is 1.90. The molecular weight excluding hydrogens is 342 g/mol. The van der Waals surface area contributed by atoms with E-state index in [2.05, 4.69) is 4.98 Å². The van der Waals surface area contributed by atoms with Gasteiger partial charge in [0, 0.05) is 32.0 Å². The maximum absolute atomic E-state index is 12.7. The van der Waals surface area contributed by atoms with Gasteiger partial charge in [0.1, 0.15) is 10.6 Å². The van der Waals surface area contributed by atoms with Crippen LogP contribution in [0.5, 0.6) is 0 Å². The first-order chi connectivity index (χ1) is 11.9. The largest absolute Gasteiger partial charge is 0.392 e. The van der Waals surface area contributed by atoms with Crippen molar-refractivity contribution in [1.82, 2.24) is 9.29 Å². The van der Waals surface area contributed by atoms with Crippen LogP contribution in [0, 0.1) is 0 Å². The highest BCUT2D eigenvalue weighted by Gasteiger charge is 2.31. The third kappa shape index (κ3) is 3.60. The molecule has 7 nitrogen and oxygen atoms in total. The SMILES string of the molecule is CN(C(=O)c1cc(S(=O)(=O)N2CCC[C@@H](O)C2)c[nH]1)c1ccccc1. The van der Waals surface area contributed by atoms with Crippen LogP contribution in [0.15, 0.2) is 47.5 Å². The summed E-state index contributed by atoms with van der Waals surface area (Å²) in [6.45, 7) is 0.457. The van der Waals surface area contributed by atoms with Gasteiger partial charge in [-0.2, -0.15) is 4.31 Å². The highest BCUT2D eigenvalue weighted by molar-refractivity contribution is 7.89. The van der Waals surface area contributed by atoms with E-state index < -0.39 is 16.1 Å². The van der Waals surface area contributed by atoms with Gasteiger partial charge >= 0.3 is 0 Å². The molecule has 1 amide bonds. The molecule has 3 rings (SSSR count). The lowest BCUT2D eigenvalue weighted by Gasteiger charge is -2.28. The van der Waals surface area contributed by atoms with Crippen LogP contribution >= 0.6 is 0 Å². The number of hydrogen-bond donors (Lipinski definition) is 2. The number of sulfonamides is 1. The second-order valence-electron chi connectivity index (χ2n) is 6.11. The van der Waals surface area contributed by atoms with Crippen LogP contribution in [-0.4, -0.2) is 55.0 Å². The number of para-hydroxylation sites is 1. The Hall–Kier alpha value is -2.16. The lowest BCUT2D eigenvalue weighted by molar-refractivity contribution is 0.0988. The third-order valence-corrected chi connectivity index (χ3v) is 6.17. The number of aromatic nitrogens is 1. The Morgan fingerprint density at radius 3 is 2.72 bits per heavy atom. The Balaban J connectivity index is 1.81. The second kappa shape index (κ2) is 6.99. The van der Waals surface area contributed by atoms with Gasteiger partial charge in [-0.25, -0.2) is 8.42 Å². The first kappa shape index (κ1) is 17.7. The molecular formula is C17H21N3O4S. The standard InChI is InChI=1S/C17H21N3O4S/c1-19(13-6-3-2-4-7-13)17(22)16-10-15(11-18-16)25(23,24)20-9-5-8-14(21)12-20/h2-4,6-7,10-11,14,18,21H,5,8-9,12H2,1H3/t14-/m1/s1.